The van der Waals surface area contributed by atoms with Gasteiger partial charge >= 0.3 is 0 Å². The Hall–Kier alpha value is -1.89. The number of anilines is 1. The zero-order valence-electron chi connectivity index (χ0n) is 15.3. The van der Waals surface area contributed by atoms with Crippen molar-refractivity contribution in [1.82, 2.24) is 19.6 Å². The number of hydrogen-bond acceptors (Lipinski definition) is 4. The monoisotopic (exact) mass is 347 g/mol. The Morgan fingerprint density at radius 1 is 1.24 bits per heavy atom. The number of rotatable bonds is 6. The molecule has 3 rings (SSSR count). The van der Waals surface area contributed by atoms with Gasteiger partial charge in [0.05, 0.1) is 12.7 Å². The summed E-state index contributed by atoms with van der Waals surface area (Å²) in [6, 6.07) is 2.40. The van der Waals surface area contributed by atoms with Crippen molar-refractivity contribution < 1.29 is 9.59 Å². The molecule has 25 heavy (non-hydrogen) atoms. The lowest BCUT2D eigenvalue weighted by Crippen LogP contribution is -2.49. The van der Waals surface area contributed by atoms with Crippen molar-refractivity contribution >= 4 is 17.6 Å². The Bertz CT molecular complexity index is 614. The van der Waals surface area contributed by atoms with Crippen LogP contribution in [0.4, 0.5) is 5.82 Å². The Balaban J connectivity index is 1.60. The summed E-state index contributed by atoms with van der Waals surface area (Å²) in [4.78, 5) is 28.6. The van der Waals surface area contributed by atoms with Gasteiger partial charge in [0.15, 0.2) is 0 Å². The molecule has 2 aliphatic rings. The van der Waals surface area contributed by atoms with Crippen LogP contribution in [-0.4, -0.2) is 63.1 Å². The molecule has 138 valence electrons. The van der Waals surface area contributed by atoms with Crippen LogP contribution in [0.2, 0.25) is 0 Å². The second kappa shape index (κ2) is 7.99. The Kier molecular flexibility index (Phi) is 5.73. The van der Waals surface area contributed by atoms with Crippen molar-refractivity contribution in [3.05, 3.63) is 12.3 Å². The lowest BCUT2D eigenvalue weighted by molar-refractivity contribution is -0.130. The van der Waals surface area contributed by atoms with Crippen LogP contribution in [0.3, 0.4) is 0 Å². The maximum absolute atomic E-state index is 12.5. The molecule has 0 saturated carbocycles. The van der Waals surface area contributed by atoms with Crippen LogP contribution < -0.4 is 5.32 Å². The van der Waals surface area contributed by atoms with Gasteiger partial charge in [0.2, 0.25) is 11.8 Å². The van der Waals surface area contributed by atoms with E-state index in [9.17, 15) is 9.59 Å². The summed E-state index contributed by atoms with van der Waals surface area (Å²) in [5.41, 5.74) is 0. The van der Waals surface area contributed by atoms with E-state index in [1.807, 2.05) is 15.6 Å². The molecule has 0 unspecified atom stereocenters. The Morgan fingerprint density at radius 3 is 2.76 bits per heavy atom. The normalized spacial score (nSPS) is 24.0. The first-order chi connectivity index (χ1) is 12.1. The van der Waals surface area contributed by atoms with Gasteiger partial charge in [0.25, 0.3) is 0 Å². The fourth-order valence-electron chi connectivity index (χ4n) is 4.26. The molecule has 0 radical (unpaired) electrons. The largest absolute Gasteiger partial charge is 0.338 e. The van der Waals surface area contributed by atoms with E-state index in [-0.39, 0.29) is 17.9 Å². The molecular weight excluding hydrogens is 318 g/mol. The third-order valence-electron chi connectivity index (χ3n) is 5.33. The highest BCUT2D eigenvalue weighted by Crippen LogP contribution is 2.29. The molecular formula is C18H29N5O2. The molecule has 7 heteroatoms. The second-order valence-corrected chi connectivity index (χ2v) is 7.09. The number of amides is 2. The summed E-state index contributed by atoms with van der Waals surface area (Å²) in [5, 5.41) is 7.23. The highest BCUT2D eigenvalue weighted by atomic mass is 16.2. The minimum absolute atomic E-state index is 0.00266. The van der Waals surface area contributed by atoms with Gasteiger partial charge in [-0.1, -0.05) is 6.92 Å². The lowest BCUT2D eigenvalue weighted by Gasteiger charge is -2.34. The van der Waals surface area contributed by atoms with Gasteiger partial charge in [-0.3, -0.25) is 14.5 Å². The van der Waals surface area contributed by atoms with E-state index in [0.29, 0.717) is 12.6 Å². The first-order valence-electron chi connectivity index (χ1n) is 9.43. The van der Waals surface area contributed by atoms with E-state index in [1.165, 1.54) is 0 Å². The molecule has 1 aromatic rings. The number of carbonyl (C=O) groups excluding carboxylic acids is 2. The molecule has 3 heterocycles. The van der Waals surface area contributed by atoms with Crippen molar-refractivity contribution in [1.29, 1.82) is 0 Å². The summed E-state index contributed by atoms with van der Waals surface area (Å²) < 4.78 is 1.83. The average Bonchev–Trinajstić information content (AvgIpc) is 3.28. The van der Waals surface area contributed by atoms with Gasteiger partial charge < -0.3 is 10.2 Å². The maximum Gasteiger partial charge on any atom is 0.239 e. The number of nitrogens with zero attached hydrogens (tertiary/aromatic N) is 4. The topological polar surface area (TPSA) is 70.5 Å². The number of aryl methyl sites for hydroxylation is 1. The van der Waals surface area contributed by atoms with Crippen LogP contribution in [0.15, 0.2) is 12.3 Å². The summed E-state index contributed by atoms with van der Waals surface area (Å²) in [6.45, 7) is 6.69. The van der Waals surface area contributed by atoms with Crippen molar-refractivity contribution in [2.24, 2.45) is 0 Å². The van der Waals surface area contributed by atoms with E-state index < -0.39 is 0 Å². The molecule has 0 bridgehead atoms. The molecule has 0 aliphatic carbocycles. The van der Waals surface area contributed by atoms with Gasteiger partial charge in [0, 0.05) is 38.2 Å². The summed E-state index contributed by atoms with van der Waals surface area (Å²) in [7, 11) is 0. The SMILES string of the molecule is CCCn1nccc1NC(=O)CN1CCC[C@H]1[C@@H]1CCCN1C(C)=O. The molecule has 1 N–H and O–H groups in total. The summed E-state index contributed by atoms with van der Waals surface area (Å²) >= 11 is 0. The third kappa shape index (κ3) is 4.03. The summed E-state index contributed by atoms with van der Waals surface area (Å²) in [5.74, 6) is 0.910. The van der Waals surface area contributed by atoms with Gasteiger partial charge in [-0.15, -0.1) is 0 Å². The summed E-state index contributed by atoms with van der Waals surface area (Å²) in [6.07, 6.45) is 6.96. The molecule has 0 aromatic carbocycles. The van der Waals surface area contributed by atoms with Gasteiger partial charge in [-0.25, -0.2) is 4.68 Å². The lowest BCUT2D eigenvalue weighted by atomic mass is 10.0. The highest BCUT2D eigenvalue weighted by Gasteiger charge is 2.39. The van der Waals surface area contributed by atoms with Crippen LogP contribution in [0.5, 0.6) is 0 Å². The molecule has 2 aliphatic heterocycles. The molecule has 7 nitrogen and oxygen atoms in total. The fraction of sp³-hybridized carbons (Fsp3) is 0.722. The van der Waals surface area contributed by atoms with Crippen molar-refractivity contribution in [2.75, 3.05) is 25.0 Å². The van der Waals surface area contributed by atoms with E-state index in [1.54, 1.807) is 13.1 Å². The van der Waals surface area contributed by atoms with E-state index >= 15 is 0 Å². The quantitative estimate of drug-likeness (QED) is 0.850. The minimum Gasteiger partial charge on any atom is -0.338 e. The number of likely N-dealkylation sites (tertiary alicyclic amines) is 2. The van der Waals surface area contributed by atoms with E-state index in [2.05, 4.69) is 22.2 Å². The minimum atomic E-state index is -0.00266. The molecule has 2 atom stereocenters. The van der Waals surface area contributed by atoms with E-state index in [4.69, 9.17) is 0 Å². The van der Waals surface area contributed by atoms with Crippen LogP contribution in [0.25, 0.3) is 0 Å². The van der Waals surface area contributed by atoms with Crippen LogP contribution >= 0.6 is 0 Å². The predicted molar refractivity (Wildman–Crippen MR) is 96.2 cm³/mol. The number of nitrogens with one attached hydrogen (secondary N) is 1. The fourth-order valence-corrected chi connectivity index (χ4v) is 4.26. The Labute approximate surface area is 149 Å². The smallest absolute Gasteiger partial charge is 0.239 e. The molecule has 0 spiro atoms. The zero-order valence-corrected chi connectivity index (χ0v) is 15.3. The zero-order chi connectivity index (χ0) is 17.8. The second-order valence-electron chi connectivity index (χ2n) is 7.09. The third-order valence-corrected chi connectivity index (χ3v) is 5.33. The number of hydrogen-bond donors (Lipinski definition) is 1. The molecule has 1 aromatic heterocycles. The van der Waals surface area contributed by atoms with Crippen molar-refractivity contribution in [3.63, 3.8) is 0 Å². The Morgan fingerprint density at radius 2 is 2.00 bits per heavy atom. The van der Waals surface area contributed by atoms with Gasteiger partial charge in [-0.05, 0) is 38.6 Å². The van der Waals surface area contributed by atoms with Crippen molar-refractivity contribution in [2.45, 2.75) is 64.6 Å². The van der Waals surface area contributed by atoms with Gasteiger partial charge in [-0.2, -0.15) is 5.10 Å². The molecule has 2 saturated heterocycles. The maximum atomic E-state index is 12.5. The van der Waals surface area contributed by atoms with E-state index in [0.717, 1.165) is 57.6 Å². The number of carbonyl (C=O) groups is 2. The van der Waals surface area contributed by atoms with Crippen LogP contribution in [-0.2, 0) is 16.1 Å². The van der Waals surface area contributed by atoms with Crippen LogP contribution in [0, 0.1) is 0 Å². The molecule has 2 fully saturated rings. The van der Waals surface area contributed by atoms with Gasteiger partial charge in [0.1, 0.15) is 5.82 Å². The average molecular weight is 347 g/mol. The first-order valence-corrected chi connectivity index (χ1v) is 9.43. The van der Waals surface area contributed by atoms with Crippen LogP contribution in [0.1, 0.15) is 46.0 Å². The molecule has 2 amide bonds. The first kappa shape index (κ1) is 17.9. The predicted octanol–water partition coefficient (Wildman–Crippen LogP) is 1.71. The van der Waals surface area contributed by atoms with Crippen molar-refractivity contribution in [3.8, 4) is 0 Å². The standard InChI is InChI=1S/C18H29N5O2/c1-3-10-23-17(8-9-19-23)20-18(25)13-21-11-4-6-15(21)16-7-5-12-22(16)14(2)24/h8-9,15-16H,3-7,10-13H2,1-2H3,(H,20,25)/t15-,16-/m0/s1. The number of aromatic nitrogens is 2. The highest BCUT2D eigenvalue weighted by molar-refractivity contribution is 5.91.